The highest BCUT2D eigenvalue weighted by Gasteiger charge is 2.40. The van der Waals surface area contributed by atoms with Crippen LogP contribution < -0.4 is 0 Å². The number of pyridine rings is 1. The summed E-state index contributed by atoms with van der Waals surface area (Å²) in [4.78, 5) is 31.3. The van der Waals surface area contributed by atoms with E-state index in [1.54, 1.807) is 4.90 Å². The topological polar surface area (TPSA) is 134 Å². The van der Waals surface area contributed by atoms with Gasteiger partial charge in [0.1, 0.15) is 5.60 Å². The van der Waals surface area contributed by atoms with Gasteiger partial charge in [0.15, 0.2) is 5.82 Å². The number of aromatic amines is 1. The monoisotopic (exact) mass is 528 g/mol. The number of fused-ring (bicyclic) bond motifs is 1. The summed E-state index contributed by atoms with van der Waals surface area (Å²) in [5.74, 6) is 0.590. The number of carboxylic acid groups (broad SMARTS) is 1. The second-order valence-electron chi connectivity index (χ2n) is 10.1. The third-order valence-corrected chi connectivity index (χ3v) is 7.33. The number of carbonyl (C=O) groups excluding carboxylic acids is 1. The molecule has 2 aromatic carbocycles. The van der Waals surface area contributed by atoms with Gasteiger partial charge in [0.05, 0.1) is 17.8 Å². The van der Waals surface area contributed by atoms with Crippen molar-refractivity contribution in [2.75, 3.05) is 6.54 Å². The first kappa shape index (κ1) is 26.3. The lowest BCUT2D eigenvalue weighted by Gasteiger charge is -2.34. The average Bonchev–Trinajstić information content (AvgIpc) is 3.64. The zero-order valence-corrected chi connectivity index (χ0v) is 22.0. The highest BCUT2D eigenvalue weighted by atomic mass is 16.7. The Morgan fingerprint density at radius 3 is 2.59 bits per heavy atom. The summed E-state index contributed by atoms with van der Waals surface area (Å²) in [7, 11) is 0. The Bertz CT molecular complexity index is 1450. The van der Waals surface area contributed by atoms with E-state index in [1.807, 2.05) is 54.6 Å². The summed E-state index contributed by atoms with van der Waals surface area (Å²) in [5.41, 5.74) is 3.51. The van der Waals surface area contributed by atoms with Gasteiger partial charge in [-0.3, -0.25) is 4.79 Å². The van der Waals surface area contributed by atoms with Gasteiger partial charge in [-0.25, -0.2) is 14.9 Å². The molecule has 5 rings (SSSR count). The minimum Gasteiger partial charge on any atom is -0.450 e. The van der Waals surface area contributed by atoms with E-state index in [2.05, 4.69) is 27.5 Å². The van der Waals surface area contributed by atoms with Crippen LogP contribution in [0.5, 0.6) is 0 Å². The van der Waals surface area contributed by atoms with E-state index >= 15 is 0 Å². The van der Waals surface area contributed by atoms with Crippen LogP contribution >= 0.6 is 0 Å². The Hall–Kier alpha value is -4.34. The van der Waals surface area contributed by atoms with Gasteiger partial charge in [0, 0.05) is 29.5 Å². The van der Waals surface area contributed by atoms with E-state index in [9.17, 15) is 14.7 Å². The Morgan fingerprint density at radius 2 is 1.87 bits per heavy atom. The molecule has 10 heteroatoms. The molecule has 1 fully saturated rings. The number of carbonyl (C=O) groups is 2. The van der Waals surface area contributed by atoms with E-state index in [1.165, 1.54) is 0 Å². The highest BCUT2D eigenvalue weighted by molar-refractivity contribution is 5.85. The molecular formula is C29H32N6O4. The second-order valence-corrected chi connectivity index (χ2v) is 10.1. The number of unbranched alkanes of at least 4 members (excludes halogenated alkanes) is 1. The molecule has 2 heterocycles. The van der Waals surface area contributed by atoms with E-state index in [-0.39, 0.29) is 12.5 Å². The number of hydrogen-bond donors (Lipinski definition) is 2. The zero-order valence-electron chi connectivity index (χ0n) is 22.0. The maximum atomic E-state index is 13.2. The van der Waals surface area contributed by atoms with Crippen molar-refractivity contribution >= 4 is 23.0 Å². The number of hydrogen-bond acceptors (Lipinski definition) is 7. The molecule has 202 valence electrons. The maximum absolute atomic E-state index is 13.2. The predicted octanol–water partition coefficient (Wildman–Crippen LogP) is 5.61. The molecule has 0 unspecified atom stereocenters. The van der Waals surface area contributed by atoms with Crippen LogP contribution in [0.1, 0.15) is 57.4 Å². The number of nitrogens with zero attached hydrogens (tertiary/aromatic N) is 5. The minimum atomic E-state index is -1.29. The van der Waals surface area contributed by atoms with Crippen LogP contribution in [0, 0.1) is 0 Å². The Labute approximate surface area is 226 Å². The molecule has 39 heavy (non-hydrogen) atoms. The fourth-order valence-corrected chi connectivity index (χ4v) is 5.39. The number of rotatable bonds is 10. The van der Waals surface area contributed by atoms with Crippen LogP contribution in [-0.4, -0.2) is 59.8 Å². The largest absolute Gasteiger partial charge is 0.506 e. The average molecular weight is 529 g/mol. The summed E-state index contributed by atoms with van der Waals surface area (Å²) in [5, 5.41) is 24.6. The lowest BCUT2D eigenvalue weighted by Crippen LogP contribution is -2.46. The van der Waals surface area contributed by atoms with E-state index in [0.29, 0.717) is 31.6 Å². The van der Waals surface area contributed by atoms with E-state index in [0.717, 1.165) is 59.0 Å². The van der Waals surface area contributed by atoms with Crippen LogP contribution in [0.3, 0.4) is 0 Å². The van der Waals surface area contributed by atoms with Crippen LogP contribution in [-0.2, 0) is 16.1 Å². The molecular weight excluding hydrogens is 496 g/mol. The maximum Gasteiger partial charge on any atom is 0.506 e. The number of amides is 1. The first-order valence-corrected chi connectivity index (χ1v) is 13.4. The van der Waals surface area contributed by atoms with Crippen molar-refractivity contribution < 1.29 is 19.4 Å². The second kappa shape index (κ2) is 11.6. The molecule has 2 aromatic heterocycles. The summed E-state index contributed by atoms with van der Waals surface area (Å²) in [6, 6.07) is 17.8. The van der Waals surface area contributed by atoms with E-state index < -0.39 is 11.8 Å². The highest BCUT2D eigenvalue weighted by Crippen LogP contribution is 2.35. The molecule has 2 N–H and O–H groups in total. The molecule has 0 radical (unpaired) electrons. The third kappa shape index (κ3) is 6.05. The summed E-state index contributed by atoms with van der Waals surface area (Å²) < 4.78 is 5.38. The number of tetrazole rings is 1. The number of aromatic nitrogens is 5. The fraction of sp³-hybridized carbons (Fsp3) is 0.379. The summed E-state index contributed by atoms with van der Waals surface area (Å²) >= 11 is 0. The first-order valence-electron chi connectivity index (χ1n) is 13.4. The van der Waals surface area contributed by atoms with Crippen molar-refractivity contribution in [2.24, 2.45) is 0 Å². The number of nitrogens with one attached hydrogen (secondary N) is 1. The van der Waals surface area contributed by atoms with Crippen molar-refractivity contribution in [3.8, 4) is 22.6 Å². The molecule has 0 atom stereocenters. The smallest absolute Gasteiger partial charge is 0.450 e. The molecule has 0 aliphatic heterocycles. The molecule has 1 aliphatic carbocycles. The van der Waals surface area contributed by atoms with Crippen molar-refractivity contribution in [1.82, 2.24) is 30.5 Å². The number of ether oxygens (including phenoxy) is 1. The fourth-order valence-electron chi connectivity index (χ4n) is 5.39. The molecule has 4 aromatic rings. The van der Waals surface area contributed by atoms with Crippen LogP contribution in [0.25, 0.3) is 33.5 Å². The van der Waals surface area contributed by atoms with Gasteiger partial charge in [0.25, 0.3) is 0 Å². The Morgan fingerprint density at radius 1 is 1.08 bits per heavy atom. The first-order chi connectivity index (χ1) is 19.0. The lowest BCUT2D eigenvalue weighted by atomic mass is 10.00. The molecule has 1 saturated carbocycles. The lowest BCUT2D eigenvalue weighted by molar-refractivity contribution is -0.136. The quantitative estimate of drug-likeness (QED) is 0.254. The Kier molecular flexibility index (Phi) is 7.81. The number of H-pyrrole nitrogens is 1. The van der Waals surface area contributed by atoms with Gasteiger partial charge in [-0.15, -0.1) is 5.10 Å². The van der Waals surface area contributed by atoms with Gasteiger partial charge in [-0.1, -0.05) is 49.7 Å². The molecule has 1 amide bonds. The van der Waals surface area contributed by atoms with Crippen LogP contribution in [0.2, 0.25) is 0 Å². The van der Waals surface area contributed by atoms with Crippen molar-refractivity contribution in [3.63, 3.8) is 0 Å². The molecule has 1 aliphatic rings. The predicted molar refractivity (Wildman–Crippen MR) is 146 cm³/mol. The van der Waals surface area contributed by atoms with Gasteiger partial charge in [-0.05, 0) is 66.3 Å². The minimum absolute atomic E-state index is 0.0178. The van der Waals surface area contributed by atoms with Crippen LogP contribution in [0.15, 0.2) is 54.6 Å². The molecule has 0 spiro atoms. The standard InChI is InChI=1S/C29H32N6O4/c1-2-3-10-26(36)35(19-29(39-28(37)38)15-6-7-16-29)18-20-11-13-24-21(17-20)12-14-25(30-24)22-8-4-5-9-23(22)27-31-33-34-32-27/h4-5,8-9,11-14,17H,2-3,6-7,10,15-16,18-19H2,1H3,(H,37,38)(H,31,32,33,34). The van der Waals surface area contributed by atoms with Gasteiger partial charge in [-0.2, -0.15) is 0 Å². The summed E-state index contributed by atoms with van der Waals surface area (Å²) in [6.45, 7) is 2.70. The third-order valence-electron chi connectivity index (χ3n) is 7.33. The van der Waals surface area contributed by atoms with Crippen molar-refractivity contribution in [1.29, 1.82) is 0 Å². The van der Waals surface area contributed by atoms with Crippen molar-refractivity contribution in [2.45, 2.75) is 64.0 Å². The SMILES string of the molecule is CCCCC(=O)N(Cc1ccc2nc(-c3ccccc3-c3nnn[nH]3)ccc2c1)CC1(OC(=O)O)CCCC1. The normalized spacial score (nSPS) is 14.4. The van der Waals surface area contributed by atoms with Crippen molar-refractivity contribution in [3.05, 3.63) is 60.2 Å². The van der Waals surface area contributed by atoms with Crippen LogP contribution in [0.4, 0.5) is 4.79 Å². The Balaban J connectivity index is 1.41. The number of benzene rings is 2. The molecule has 10 nitrogen and oxygen atoms in total. The van der Waals surface area contributed by atoms with Gasteiger partial charge in [0.2, 0.25) is 5.91 Å². The van der Waals surface area contributed by atoms with Gasteiger partial charge < -0.3 is 14.7 Å². The molecule has 0 saturated heterocycles. The molecule has 0 bridgehead atoms. The summed E-state index contributed by atoms with van der Waals surface area (Å²) in [6.07, 6.45) is 3.90. The van der Waals surface area contributed by atoms with E-state index in [4.69, 9.17) is 9.72 Å². The van der Waals surface area contributed by atoms with Gasteiger partial charge >= 0.3 is 6.16 Å². The zero-order chi connectivity index (χ0) is 27.2.